The lowest BCUT2D eigenvalue weighted by Crippen LogP contribution is -2.20. The molecule has 1 saturated heterocycles. The molecule has 0 aromatic carbocycles. The summed E-state index contributed by atoms with van der Waals surface area (Å²) in [5, 5.41) is 0. The second-order valence-corrected chi connectivity index (χ2v) is 3.15. The molecule has 0 spiro atoms. The van der Waals surface area contributed by atoms with E-state index in [4.69, 9.17) is 9.31 Å². The van der Waals surface area contributed by atoms with Crippen molar-refractivity contribution in [3.05, 3.63) is 12.7 Å². The summed E-state index contributed by atoms with van der Waals surface area (Å²) < 4.78 is 10.8. The molecule has 0 bridgehead atoms. The largest absolute Gasteiger partial charge is 0.464 e. The Morgan fingerprint density at radius 2 is 2.17 bits per heavy atom. The highest BCUT2D eigenvalue weighted by Crippen LogP contribution is 2.23. The first-order chi connectivity index (χ1) is 5.88. The predicted molar refractivity (Wildman–Crippen MR) is 51.1 cm³/mol. The van der Waals surface area contributed by atoms with Gasteiger partial charge in [0.05, 0.1) is 13.2 Å². The van der Waals surface area contributed by atoms with Crippen LogP contribution in [0.3, 0.4) is 0 Å². The summed E-state index contributed by atoms with van der Waals surface area (Å²) in [5.41, 5.74) is 0. The van der Waals surface area contributed by atoms with E-state index in [9.17, 15) is 0 Å². The Bertz CT molecular complexity index is 132. The van der Waals surface area contributed by atoms with Crippen LogP contribution >= 0.6 is 0 Å². The van der Waals surface area contributed by atoms with Gasteiger partial charge in [-0.05, 0) is 6.42 Å². The summed E-state index contributed by atoms with van der Waals surface area (Å²) in [6, 6.07) is 0. The van der Waals surface area contributed by atoms with E-state index in [1.807, 2.05) is 6.08 Å². The SMILES string of the molecule is C=CC(CCCC)B1OCCO1. The zero-order valence-electron chi connectivity index (χ0n) is 7.79. The van der Waals surface area contributed by atoms with Gasteiger partial charge in [-0.3, -0.25) is 0 Å². The van der Waals surface area contributed by atoms with E-state index in [0.717, 1.165) is 19.6 Å². The van der Waals surface area contributed by atoms with Crippen molar-refractivity contribution in [1.82, 2.24) is 0 Å². The Morgan fingerprint density at radius 3 is 2.67 bits per heavy atom. The number of rotatable bonds is 5. The average molecular weight is 168 g/mol. The molecule has 1 aliphatic heterocycles. The quantitative estimate of drug-likeness (QED) is 0.463. The lowest BCUT2D eigenvalue weighted by Gasteiger charge is -2.13. The predicted octanol–water partition coefficient (Wildman–Crippen LogP) is 2.27. The van der Waals surface area contributed by atoms with Crippen LogP contribution in [0.5, 0.6) is 0 Å². The average Bonchev–Trinajstić information content (AvgIpc) is 2.59. The highest BCUT2D eigenvalue weighted by molar-refractivity contribution is 6.47. The summed E-state index contributed by atoms with van der Waals surface area (Å²) in [6.45, 7) is 7.46. The second kappa shape index (κ2) is 5.38. The molecule has 1 unspecified atom stereocenters. The highest BCUT2D eigenvalue weighted by atomic mass is 16.6. The smallest absolute Gasteiger partial charge is 0.408 e. The third-order valence-corrected chi connectivity index (χ3v) is 2.19. The first-order valence-corrected chi connectivity index (χ1v) is 4.74. The van der Waals surface area contributed by atoms with Gasteiger partial charge in [0.1, 0.15) is 0 Å². The second-order valence-electron chi connectivity index (χ2n) is 3.15. The fourth-order valence-corrected chi connectivity index (χ4v) is 1.43. The van der Waals surface area contributed by atoms with Crippen molar-refractivity contribution in [2.45, 2.75) is 32.0 Å². The molecule has 0 aromatic heterocycles. The molecule has 1 rings (SSSR count). The normalized spacial score (nSPS) is 19.6. The first kappa shape index (κ1) is 9.81. The Balaban J connectivity index is 2.27. The van der Waals surface area contributed by atoms with Crippen molar-refractivity contribution in [1.29, 1.82) is 0 Å². The van der Waals surface area contributed by atoms with Gasteiger partial charge in [-0.25, -0.2) is 0 Å². The molecule has 1 fully saturated rings. The zero-order chi connectivity index (χ0) is 8.81. The molecule has 0 saturated carbocycles. The number of hydrogen-bond donors (Lipinski definition) is 0. The zero-order valence-corrected chi connectivity index (χ0v) is 7.79. The number of allylic oxidation sites excluding steroid dienone is 1. The molecule has 0 radical (unpaired) electrons. The van der Waals surface area contributed by atoms with Crippen molar-refractivity contribution < 1.29 is 9.31 Å². The summed E-state index contributed by atoms with van der Waals surface area (Å²) in [6.07, 6.45) is 5.52. The molecule has 68 valence electrons. The van der Waals surface area contributed by atoms with Crippen LogP contribution in [0.2, 0.25) is 5.82 Å². The van der Waals surface area contributed by atoms with Gasteiger partial charge in [-0.2, -0.15) is 0 Å². The van der Waals surface area contributed by atoms with Crippen LogP contribution in [0.4, 0.5) is 0 Å². The lowest BCUT2D eigenvalue weighted by atomic mass is 9.69. The minimum Gasteiger partial charge on any atom is -0.408 e. The summed E-state index contributed by atoms with van der Waals surface area (Å²) in [5.74, 6) is 0.382. The molecule has 3 heteroatoms. The molecule has 0 aromatic rings. The molecular weight excluding hydrogens is 151 g/mol. The summed E-state index contributed by atoms with van der Waals surface area (Å²) in [4.78, 5) is 0. The fourth-order valence-electron chi connectivity index (χ4n) is 1.43. The van der Waals surface area contributed by atoms with E-state index < -0.39 is 0 Å². The van der Waals surface area contributed by atoms with Gasteiger partial charge in [0.15, 0.2) is 0 Å². The first-order valence-electron chi connectivity index (χ1n) is 4.74. The minimum absolute atomic E-state index is 0.0194. The van der Waals surface area contributed by atoms with E-state index in [2.05, 4.69) is 13.5 Å². The molecule has 0 N–H and O–H groups in total. The van der Waals surface area contributed by atoms with Gasteiger partial charge >= 0.3 is 7.12 Å². The van der Waals surface area contributed by atoms with Crippen molar-refractivity contribution in [2.75, 3.05) is 13.2 Å². The highest BCUT2D eigenvalue weighted by Gasteiger charge is 2.30. The van der Waals surface area contributed by atoms with Crippen LogP contribution in [0.1, 0.15) is 26.2 Å². The Labute approximate surface area is 75.1 Å². The third-order valence-electron chi connectivity index (χ3n) is 2.19. The van der Waals surface area contributed by atoms with Crippen LogP contribution < -0.4 is 0 Å². The molecule has 1 atom stereocenters. The lowest BCUT2D eigenvalue weighted by molar-refractivity contribution is 0.360. The Kier molecular flexibility index (Phi) is 4.40. The minimum atomic E-state index is -0.0194. The van der Waals surface area contributed by atoms with E-state index in [1.165, 1.54) is 12.8 Å². The van der Waals surface area contributed by atoms with Gasteiger partial charge < -0.3 is 9.31 Å². The molecule has 0 amide bonds. The van der Waals surface area contributed by atoms with Crippen molar-refractivity contribution in [3.8, 4) is 0 Å². The Hall–Kier alpha value is -0.275. The molecule has 1 aliphatic rings. The van der Waals surface area contributed by atoms with Gasteiger partial charge in [0, 0.05) is 5.82 Å². The van der Waals surface area contributed by atoms with Crippen molar-refractivity contribution in [3.63, 3.8) is 0 Å². The Morgan fingerprint density at radius 1 is 1.50 bits per heavy atom. The van der Waals surface area contributed by atoms with E-state index in [-0.39, 0.29) is 7.12 Å². The molecule has 0 aliphatic carbocycles. The van der Waals surface area contributed by atoms with Gasteiger partial charge in [-0.1, -0.05) is 25.8 Å². The summed E-state index contributed by atoms with van der Waals surface area (Å²) >= 11 is 0. The maximum Gasteiger partial charge on any atom is 0.464 e. The molecular formula is C9H17BO2. The van der Waals surface area contributed by atoms with E-state index in [0.29, 0.717) is 5.82 Å². The van der Waals surface area contributed by atoms with Gasteiger partial charge in [0.2, 0.25) is 0 Å². The third kappa shape index (κ3) is 2.65. The van der Waals surface area contributed by atoms with E-state index in [1.54, 1.807) is 0 Å². The van der Waals surface area contributed by atoms with Crippen LogP contribution in [0, 0.1) is 0 Å². The van der Waals surface area contributed by atoms with Crippen molar-refractivity contribution in [2.24, 2.45) is 0 Å². The molecule has 12 heavy (non-hydrogen) atoms. The summed E-state index contributed by atoms with van der Waals surface area (Å²) in [7, 11) is -0.0194. The fraction of sp³-hybridized carbons (Fsp3) is 0.778. The maximum absolute atomic E-state index is 5.41. The van der Waals surface area contributed by atoms with Gasteiger partial charge in [-0.15, -0.1) is 6.58 Å². The van der Waals surface area contributed by atoms with Crippen molar-refractivity contribution >= 4 is 7.12 Å². The van der Waals surface area contributed by atoms with Crippen LogP contribution in [0.25, 0.3) is 0 Å². The molecule has 2 nitrogen and oxygen atoms in total. The van der Waals surface area contributed by atoms with E-state index >= 15 is 0 Å². The maximum atomic E-state index is 5.41. The number of unbranched alkanes of at least 4 members (excludes halogenated alkanes) is 1. The number of hydrogen-bond acceptors (Lipinski definition) is 2. The van der Waals surface area contributed by atoms with Crippen LogP contribution in [-0.4, -0.2) is 20.3 Å². The van der Waals surface area contributed by atoms with Gasteiger partial charge in [0.25, 0.3) is 0 Å². The molecule has 1 heterocycles. The standard InChI is InChI=1S/C9H17BO2/c1-3-5-6-9(4-2)10-11-7-8-12-10/h4,9H,2-3,5-8H2,1H3. The topological polar surface area (TPSA) is 18.5 Å². The van der Waals surface area contributed by atoms with Crippen LogP contribution in [0.15, 0.2) is 12.7 Å². The monoisotopic (exact) mass is 168 g/mol. The van der Waals surface area contributed by atoms with Crippen LogP contribution in [-0.2, 0) is 9.31 Å².